The van der Waals surface area contributed by atoms with E-state index in [1.165, 1.54) is 19.3 Å². The Kier molecular flexibility index (Phi) is 4.03. The van der Waals surface area contributed by atoms with Gasteiger partial charge in [-0.3, -0.25) is 9.69 Å². The average molecular weight is 257 g/mol. The highest BCUT2D eigenvalue weighted by atomic mass is 32.2. The van der Waals surface area contributed by atoms with E-state index in [9.17, 15) is 4.79 Å². The zero-order valence-electron chi connectivity index (χ0n) is 10.8. The lowest BCUT2D eigenvalue weighted by molar-refractivity contribution is -0.138. The third kappa shape index (κ3) is 2.97. The number of carboxylic acids is 1. The summed E-state index contributed by atoms with van der Waals surface area (Å²) in [5.41, 5.74) is 0.360. The third-order valence-electron chi connectivity index (χ3n) is 4.28. The molecule has 4 heteroatoms. The standard InChI is InChI=1S/C13H23NO2S/c1-13(2)5-3-4-11(13)14-6-7-17-9-10(14)8-12(15)16/h10-11H,3-9H2,1-2H3,(H,15,16). The van der Waals surface area contributed by atoms with E-state index in [0.717, 1.165) is 18.1 Å². The van der Waals surface area contributed by atoms with E-state index < -0.39 is 5.97 Å². The Hall–Kier alpha value is -0.220. The molecule has 0 spiro atoms. The van der Waals surface area contributed by atoms with Gasteiger partial charge < -0.3 is 5.11 Å². The molecule has 1 N–H and O–H groups in total. The number of carboxylic acid groups (broad SMARTS) is 1. The van der Waals surface area contributed by atoms with Gasteiger partial charge >= 0.3 is 5.97 Å². The van der Waals surface area contributed by atoms with Gasteiger partial charge in [0.1, 0.15) is 0 Å². The van der Waals surface area contributed by atoms with Crippen molar-refractivity contribution in [2.45, 2.75) is 51.6 Å². The van der Waals surface area contributed by atoms with Crippen LogP contribution >= 0.6 is 11.8 Å². The fraction of sp³-hybridized carbons (Fsp3) is 0.923. The van der Waals surface area contributed by atoms with Crippen molar-refractivity contribution in [3.05, 3.63) is 0 Å². The highest BCUT2D eigenvalue weighted by Gasteiger charge is 2.41. The molecule has 17 heavy (non-hydrogen) atoms. The molecule has 0 radical (unpaired) electrons. The van der Waals surface area contributed by atoms with E-state index in [4.69, 9.17) is 5.11 Å². The first-order valence-corrected chi connectivity index (χ1v) is 7.71. The minimum Gasteiger partial charge on any atom is -0.481 e. The maximum absolute atomic E-state index is 11.0. The van der Waals surface area contributed by atoms with Gasteiger partial charge in [0, 0.05) is 30.1 Å². The smallest absolute Gasteiger partial charge is 0.304 e. The predicted octanol–water partition coefficient (Wildman–Crippen LogP) is 2.46. The second-order valence-electron chi connectivity index (χ2n) is 5.96. The maximum atomic E-state index is 11.0. The number of rotatable bonds is 3. The molecule has 1 saturated carbocycles. The van der Waals surface area contributed by atoms with Gasteiger partial charge in [-0.1, -0.05) is 20.3 Å². The largest absolute Gasteiger partial charge is 0.481 e. The van der Waals surface area contributed by atoms with Gasteiger partial charge in [0.25, 0.3) is 0 Å². The van der Waals surface area contributed by atoms with Crippen molar-refractivity contribution in [2.75, 3.05) is 18.1 Å². The van der Waals surface area contributed by atoms with E-state index in [1.54, 1.807) is 0 Å². The Labute approximate surface area is 108 Å². The molecular weight excluding hydrogens is 234 g/mol. The van der Waals surface area contributed by atoms with Crippen molar-refractivity contribution in [1.82, 2.24) is 4.90 Å². The van der Waals surface area contributed by atoms with Crippen LogP contribution in [0.5, 0.6) is 0 Å². The first kappa shape index (κ1) is 13.2. The summed E-state index contributed by atoms with van der Waals surface area (Å²) in [7, 11) is 0. The van der Waals surface area contributed by atoms with Gasteiger partial charge in [-0.05, 0) is 18.3 Å². The predicted molar refractivity (Wildman–Crippen MR) is 71.5 cm³/mol. The molecule has 2 rings (SSSR count). The van der Waals surface area contributed by atoms with Gasteiger partial charge in [-0.2, -0.15) is 11.8 Å². The lowest BCUT2D eigenvalue weighted by Gasteiger charge is -2.44. The van der Waals surface area contributed by atoms with Crippen LogP contribution in [-0.4, -0.2) is 46.1 Å². The van der Waals surface area contributed by atoms with Crippen molar-refractivity contribution >= 4 is 17.7 Å². The molecule has 0 bridgehead atoms. The zero-order valence-corrected chi connectivity index (χ0v) is 11.6. The van der Waals surface area contributed by atoms with Crippen LogP contribution in [0.25, 0.3) is 0 Å². The number of hydrogen-bond acceptors (Lipinski definition) is 3. The molecule has 2 fully saturated rings. The molecule has 2 atom stereocenters. The third-order valence-corrected chi connectivity index (χ3v) is 5.38. The van der Waals surface area contributed by atoms with Crippen molar-refractivity contribution in [3.63, 3.8) is 0 Å². The van der Waals surface area contributed by atoms with Gasteiger partial charge in [0.05, 0.1) is 6.42 Å². The van der Waals surface area contributed by atoms with E-state index in [0.29, 0.717) is 17.9 Å². The summed E-state index contributed by atoms with van der Waals surface area (Å²) in [6.07, 6.45) is 4.12. The van der Waals surface area contributed by atoms with Crippen LogP contribution < -0.4 is 0 Å². The first-order chi connectivity index (χ1) is 8.00. The number of thioether (sulfide) groups is 1. The van der Waals surface area contributed by atoms with Crippen molar-refractivity contribution in [3.8, 4) is 0 Å². The molecule has 0 aromatic rings. The lowest BCUT2D eigenvalue weighted by Crippen LogP contribution is -2.52. The Morgan fingerprint density at radius 1 is 1.53 bits per heavy atom. The van der Waals surface area contributed by atoms with Crippen LogP contribution in [0.2, 0.25) is 0 Å². The number of aliphatic carboxylic acids is 1. The van der Waals surface area contributed by atoms with E-state index in [1.807, 2.05) is 11.8 Å². The average Bonchev–Trinajstić information content (AvgIpc) is 2.58. The molecule has 0 aromatic heterocycles. The Balaban J connectivity index is 2.07. The molecule has 1 saturated heterocycles. The number of carbonyl (C=O) groups is 1. The molecule has 2 aliphatic rings. The summed E-state index contributed by atoms with van der Waals surface area (Å²) in [5, 5.41) is 9.02. The molecule has 0 aromatic carbocycles. The Morgan fingerprint density at radius 2 is 2.29 bits per heavy atom. The van der Waals surface area contributed by atoms with Gasteiger partial charge in [0.2, 0.25) is 0 Å². The van der Waals surface area contributed by atoms with Crippen LogP contribution in [0, 0.1) is 5.41 Å². The topological polar surface area (TPSA) is 40.5 Å². The highest BCUT2D eigenvalue weighted by Crippen LogP contribution is 2.42. The van der Waals surface area contributed by atoms with Gasteiger partial charge in [-0.15, -0.1) is 0 Å². The molecular formula is C13H23NO2S. The van der Waals surface area contributed by atoms with E-state index in [-0.39, 0.29) is 6.04 Å². The molecule has 1 aliphatic heterocycles. The minimum atomic E-state index is -0.654. The molecule has 1 aliphatic carbocycles. The monoisotopic (exact) mass is 257 g/mol. The minimum absolute atomic E-state index is 0.244. The summed E-state index contributed by atoms with van der Waals surface area (Å²) in [4.78, 5) is 13.5. The van der Waals surface area contributed by atoms with E-state index in [2.05, 4.69) is 18.7 Å². The van der Waals surface area contributed by atoms with Gasteiger partial charge in [0.15, 0.2) is 0 Å². The lowest BCUT2D eigenvalue weighted by atomic mass is 9.85. The summed E-state index contributed by atoms with van der Waals surface area (Å²) in [6, 6.07) is 0.835. The molecule has 1 heterocycles. The quantitative estimate of drug-likeness (QED) is 0.843. The second-order valence-corrected chi connectivity index (χ2v) is 7.11. The first-order valence-electron chi connectivity index (χ1n) is 6.56. The highest BCUT2D eigenvalue weighted by molar-refractivity contribution is 7.99. The van der Waals surface area contributed by atoms with Crippen LogP contribution in [0.4, 0.5) is 0 Å². The molecule has 3 nitrogen and oxygen atoms in total. The van der Waals surface area contributed by atoms with Crippen LogP contribution in [0.1, 0.15) is 39.5 Å². The van der Waals surface area contributed by atoms with E-state index >= 15 is 0 Å². The van der Waals surface area contributed by atoms with Crippen LogP contribution in [-0.2, 0) is 4.79 Å². The van der Waals surface area contributed by atoms with Crippen LogP contribution in [0.15, 0.2) is 0 Å². The molecule has 98 valence electrons. The summed E-state index contributed by atoms with van der Waals surface area (Å²) in [5.74, 6) is 1.49. The maximum Gasteiger partial charge on any atom is 0.304 e. The Morgan fingerprint density at radius 3 is 2.88 bits per heavy atom. The number of nitrogens with zero attached hydrogens (tertiary/aromatic N) is 1. The summed E-state index contributed by atoms with van der Waals surface area (Å²) < 4.78 is 0. The fourth-order valence-electron chi connectivity index (χ4n) is 3.38. The Bertz CT molecular complexity index is 293. The van der Waals surface area contributed by atoms with Crippen molar-refractivity contribution < 1.29 is 9.90 Å². The number of hydrogen-bond donors (Lipinski definition) is 1. The molecule has 0 amide bonds. The zero-order chi connectivity index (χ0) is 12.5. The SMILES string of the molecule is CC1(C)CCCC1N1CCSCC1CC(=O)O. The molecule has 2 unspecified atom stereocenters. The normalized spacial score (nSPS) is 33.8. The van der Waals surface area contributed by atoms with Gasteiger partial charge in [-0.25, -0.2) is 0 Å². The van der Waals surface area contributed by atoms with Crippen molar-refractivity contribution in [2.24, 2.45) is 5.41 Å². The summed E-state index contributed by atoms with van der Waals surface area (Å²) >= 11 is 1.90. The fourth-order valence-corrected chi connectivity index (χ4v) is 4.47. The van der Waals surface area contributed by atoms with Crippen LogP contribution in [0.3, 0.4) is 0 Å². The second kappa shape index (κ2) is 5.19. The van der Waals surface area contributed by atoms with Crippen molar-refractivity contribution in [1.29, 1.82) is 0 Å². The summed E-state index contributed by atoms with van der Waals surface area (Å²) in [6.45, 7) is 5.74.